The number of aryl methyl sites for hydroxylation is 1. The summed E-state index contributed by atoms with van der Waals surface area (Å²) in [6.45, 7) is 1.74. The average molecular weight is 288 g/mol. The molecule has 0 fully saturated rings. The maximum atomic E-state index is 5.21. The molecule has 114 valence electrons. The second-order valence-corrected chi connectivity index (χ2v) is 5.27. The van der Waals surface area contributed by atoms with Crippen molar-refractivity contribution in [3.63, 3.8) is 0 Å². The SMILES string of the molecule is CNC(CN(C)Cc1nccn1C)c1ccc(OC)cc1. The van der Waals surface area contributed by atoms with Crippen molar-refractivity contribution in [2.45, 2.75) is 12.6 Å². The van der Waals surface area contributed by atoms with Crippen molar-refractivity contribution in [3.8, 4) is 5.75 Å². The molecule has 2 rings (SSSR count). The first-order chi connectivity index (χ1) is 10.1. The lowest BCUT2D eigenvalue weighted by atomic mass is 10.1. The molecule has 1 unspecified atom stereocenters. The molecule has 0 aliphatic rings. The van der Waals surface area contributed by atoms with E-state index < -0.39 is 0 Å². The van der Waals surface area contributed by atoms with Crippen LogP contribution in [0.15, 0.2) is 36.7 Å². The molecule has 0 aliphatic heterocycles. The third kappa shape index (κ3) is 4.06. The van der Waals surface area contributed by atoms with Crippen LogP contribution in [0.2, 0.25) is 0 Å². The van der Waals surface area contributed by atoms with Gasteiger partial charge in [0.15, 0.2) is 0 Å². The van der Waals surface area contributed by atoms with Crippen LogP contribution >= 0.6 is 0 Å². The number of ether oxygens (including phenoxy) is 1. The lowest BCUT2D eigenvalue weighted by Gasteiger charge is -2.24. The van der Waals surface area contributed by atoms with Crippen molar-refractivity contribution in [1.82, 2.24) is 19.8 Å². The van der Waals surface area contributed by atoms with Crippen molar-refractivity contribution in [2.24, 2.45) is 7.05 Å². The van der Waals surface area contributed by atoms with Crippen LogP contribution in [-0.4, -0.2) is 42.2 Å². The fraction of sp³-hybridized carbons (Fsp3) is 0.438. The van der Waals surface area contributed by atoms with E-state index in [-0.39, 0.29) is 6.04 Å². The standard InChI is InChI=1S/C16H24N4O/c1-17-15(13-5-7-14(21-4)8-6-13)11-19(2)12-16-18-9-10-20(16)3/h5-10,15,17H,11-12H2,1-4H3. The molecule has 1 atom stereocenters. The zero-order valence-electron chi connectivity index (χ0n) is 13.2. The number of aromatic nitrogens is 2. The summed E-state index contributed by atoms with van der Waals surface area (Å²) in [5, 5.41) is 3.37. The first-order valence-corrected chi connectivity index (χ1v) is 7.10. The quantitative estimate of drug-likeness (QED) is 0.844. The van der Waals surface area contributed by atoms with Gasteiger partial charge >= 0.3 is 0 Å². The molecule has 0 spiro atoms. The Morgan fingerprint density at radius 2 is 2.05 bits per heavy atom. The predicted octanol–water partition coefficient (Wildman–Crippen LogP) is 1.82. The molecule has 0 aliphatic carbocycles. The number of imidazole rings is 1. The van der Waals surface area contributed by atoms with E-state index in [1.54, 1.807) is 7.11 Å². The molecule has 21 heavy (non-hydrogen) atoms. The van der Waals surface area contributed by atoms with Gasteiger partial charge < -0.3 is 14.6 Å². The highest BCUT2D eigenvalue weighted by molar-refractivity contribution is 5.29. The molecule has 5 heteroatoms. The molecular weight excluding hydrogens is 264 g/mol. The zero-order chi connectivity index (χ0) is 15.2. The first-order valence-electron chi connectivity index (χ1n) is 7.10. The van der Waals surface area contributed by atoms with E-state index in [1.807, 2.05) is 38.6 Å². The molecule has 0 amide bonds. The van der Waals surface area contributed by atoms with Crippen molar-refractivity contribution >= 4 is 0 Å². The van der Waals surface area contributed by atoms with E-state index in [0.29, 0.717) is 0 Å². The van der Waals surface area contributed by atoms with Crippen LogP contribution in [0, 0.1) is 0 Å². The lowest BCUT2D eigenvalue weighted by molar-refractivity contribution is 0.280. The van der Waals surface area contributed by atoms with Crippen LogP contribution in [0.3, 0.4) is 0 Å². The highest BCUT2D eigenvalue weighted by Gasteiger charge is 2.13. The van der Waals surface area contributed by atoms with Crippen molar-refractivity contribution < 1.29 is 4.74 Å². The molecule has 0 saturated carbocycles. The van der Waals surface area contributed by atoms with Crippen LogP contribution in [0.1, 0.15) is 17.4 Å². The number of hydrogen-bond acceptors (Lipinski definition) is 4. The average Bonchev–Trinajstić information content (AvgIpc) is 2.90. The van der Waals surface area contributed by atoms with E-state index in [4.69, 9.17) is 4.74 Å². The summed E-state index contributed by atoms with van der Waals surface area (Å²) < 4.78 is 7.26. The summed E-state index contributed by atoms with van der Waals surface area (Å²) in [5.74, 6) is 1.96. The van der Waals surface area contributed by atoms with E-state index >= 15 is 0 Å². The molecule has 1 heterocycles. The predicted molar refractivity (Wildman–Crippen MR) is 84.3 cm³/mol. The number of likely N-dealkylation sites (N-methyl/N-ethyl adjacent to an activating group) is 2. The van der Waals surface area contributed by atoms with Gasteiger partial charge in [0.1, 0.15) is 11.6 Å². The summed E-state index contributed by atoms with van der Waals surface area (Å²) >= 11 is 0. The summed E-state index contributed by atoms with van der Waals surface area (Å²) in [5.41, 5.74) is 1.25. The van der Waals surface area contributed by atoms with Crippen LogP contribution < -0.4 is 10.1 Å². The van der Waals surface area contributed by atoms with Crippen LogP contribution in [0.25, 0.3) is 0 Å². The number of benzene rings is 1. The number of rotatable bonds is 7. The minimum atomic E-state index is 0.279. The largest absolute Gasteiger partial charge is 0.497 e. The Morgan fingerprint density at radius 1 is 1.33 bits per heavy atom. The number of hydrogen-bond donors (Lipinski definition) is 1. The Balaban J connectivity index is 1.99. The highest BCUT2D eigenvalue weighted by Crippen LogP contribution is 2.18. The van der Waals surface area contributed by atoms with Gasteiger partial charge in [0.25, 0.3) is 0 Å². The van der Waals surface area contributed by atoms with Gasteiger partial charge in [-0.2, -0.15) is 0 Å². The fourth-order valence-corrected chi connectivity index (χ4v) is 2.37. The third-order valence-electron chi connectivity index (χ3n) is 3.69. The van der Waals surface area contributed by atoms with E-state index in [0.717, 1.165) is 24.7 Å². The Morgan fingerprint density at radius 3 is 2.57 bits per heavy atom. The van der Waals surface area contributed by atoms with Gasteiger partial charge in [0.2, 0.25) is 0 Å². The van der Waals surface area contributed by atoms with Gasteiger partial charge in [-0.3, -0.25) is 4.90 Å². The highest BCUT2D eigenvalue weighted by atomic mass is 16.5. The number of nitrogens with zero attached hydrogens (tertiary/aromatic N) is 3. The third-order valence-corrected chi connectivity index (χ3v) is 3.69. The Kier molecular flexibility index (Phi) is 5.36. The monoisotopic (exact) mass is 288 g/mol. The summed E-state index contributed by atoms with van der Waals surface area (Å²) in [7, 11) is 7.81. The molecule has 1 aromatic carbocycles. The second-order valence-electron chi connectivity index (χ2n) is 5.27. The van der Waals surface area contributed by atoms with Gasteiger partial charge in [-0.25, -0.2) is 4.98 Å². The minimum Gasteiger partial charge on any atom is -0.497 e. The molecule has 0 bridgehead atoms. The summed E-state index contributed by atoms with van der Waals surface area (Å²) in [6, 6.07) is 8.49. The van der Waals surface area contributed by atoms with Gasteiger partial charge in [0, 0.05) is 32.0 Å². The fourth-order valence-electron chi connectivity index (χ4n) is 2.37. The van der Waals surface area contributed by atoms with Gasteiger partial charge in [-0.05, 0) is 31.8 Å². The van der Waals surface area contributed by atoms with Gasteiger partial charge in [-0.1, -0.05) is 12.1 Å². The van der Waals surface area contributed by atoms with Crippen molar-refractivity contribution in [2.75, 3.05) is 27.7 Å². The Labute approximate surface area is 126 Å². The van der Waals surface area contributed by atoms with Crippen LogP contribution in [0.4, 0.5) is 0 Å². The van der Waals surface area contributed by atoms with Gasteiger partial charge in [0.05, 0.1) is 13.7 Å². The van der Waals surface area contributed by atoms with E-state index in [9.17, 15) is 0 Å². The Bertz CT molecular complexity index is 550. The van der Waals surface area contributed by atoms with E-state index in [1.165, 1.54) is 5.56 Å². The van der Waals surface area contributed by atoms with Crippen molar-refractivity contribution in [1.29, 1.82) is 0 Å². The summed E-state index contributed by atoms with van der Waals surface area (Å²) in [4.78, 5) is 6.64. The maximum absolute atomic E-state index is 5.21. The molecule has 1 N–H and O–H groups in total. The molecular formula is C16H24N4O. The molecule has 0 radical (unpaired) electrons. The molecule has 1 aromatic heterocycles. The normalized spacial score (nSPS) is 12.6. The lowest BCUT2D eigenvalue weighted by Crippen LogP contribution is -2.31. The van der Waals surface area contributed by atoms with Gasteiger partial charge in [-0.15, -0.1) is 0 Å². The van der Waals surface area contributed by atoms with Crippen LogP contribution in [-0.2, 0) is 13.6 Å². The minimum absolute atomic E-state index is 0.279. The molecule has 5 nitrogen and oxygen atoms in total. The number of nitrogens with one attached hydrogen (secondary N) is 1. The zero-order valence-corrected chi connectivity index (χ0v) is 13.2. The second kappa shape index (κ2) is 7.24. The van der Waals surface area contributed by atoms with Crippen molar-refractivity contribution in [3.05, 3.63) is 48.0 Å². The number of methoxy groups -OCH3 is 1. The molecule has 2 aromatic rings. The Hall–Kier alpha value is -1.85. The maximum Gasteiger partial charge on any atom is 0.122 e. The van der Waals surface area contributed by atoms with Crippen LogP contribution in [0.5, 0.6) is 5.75 Å². The molecule has 0 saturated heterocycles. The first kappa shape index (κ1) is 15.5. The smallest absolute Gasteiger partial charge is 0.122 e. The van der Waals surface area contributed by atoms with E-state index in [2.05, 4.69) is 38.9 Å². The summed E-state index contributed by atoms with van der Waals surface area (Å²) in [6.07, 6.45) is 3.81. The topological polar surface area (TPSA) is 42.3 Å².